The zero-order valence-electron chi connectivity index (χ0n) is 13.8. The topological polar surface area (TPSA) is 61.4 Å². The van der Waals surface area contributed by atoms with E-state index >= 15 is 0 Å². The van der Waals surface area contributed by atoms with Crippen molar-refractivity contribution in [2.75, 3.05) is 5.32 Å². The van der Waals surface area contributed by atoms with Gasteiger partial charge < -0.3 is 15.7 Å². The summed E-state index contributed by atoms with van der Waals surface area (Å²) in [5.41, 5.74) is 1.60. The van der Waals surface area contributed by atoms with Gasteiger partial charge in [0.1, 0.15) is 0 Å². The standard InChI is InChI=1S/C19H20F2N2O2/c1-2-19(20,21)14-9-5-6-10-15(14)22-18(25)23-16-11-12-7-3-4-8-13(12)17(16)24/h3-10,16-17,24H,2,11H2,1H3,(H2,22,23,25)/t16-,17-/m1/s1. The molecule has 1 aliphatic rings. The van der Waals surface area contributed by atoms with Crippen molar-refractivity contribution in [2.45, 2.75) is 37.8 Å². The molecule has 0 heterocycles. The van der Waals surface area contributed by atoms with Crippen LogP contribution in [0.3, 0.4) is 0 Å². The molecule has 2 amide bonds. The quantitative estimate of drug-likeness (QED) is 0.784. The predicted octanol–water partition coefficient (Wildman–Crippen LogP) is 3.97. The second-order valence-corrected chi connectivity index (χ2v) is 6.16. The SMILES string of the molecule is CCC(F)(F)c1ccccc1NC(=O)N[C@@H]1Cc2ccccc2[C@H]1O. The summed E-state index contributed by atoms with van der Waals surface area (Å²) in [5.74, 6) is -3.02. The van der Waals surface area contributed by atoms with E-state index in [4.69, 9.17) is 0 Å². The third kappa shape index (κ3) is 3.49. The van der Waals surface area contributed by atoms with Crippen molar-refractivity contribution in [3.05, 3.63) is 65.2 Å². The van der Waals surface area contributed by atoms with Gasteiger partial charge in [0.2, 0.25) is 0 Å². The molecule has 2 aromatic rings. The average Bonchev–Trinajstić information content (AvgIpc) is 2.91. The number of para-hydroxylation sites is 1. The molecule has 4 nitrogen and oxygen atoms in total. The highest BCUT2D eigenvalue weighted by Crippen LogP contribution is 2.36. The fourth-order valence-electron chi connectivity index (χ4n) is 3.13. The largest absolute Gasteiger partial charge is 0.386 e. The number of aliphatic hydroxyl groups is 1. The number of anilines is 1. The smallest absolute Gasteiger partial charge is 0.319 e. The van der Waals surface area contributed by atoms with E-state index in [1.165, 1.54) is 25.1 Å². The van der Waals surface area contributed by atoms with Gasteiger partial charge in [-0.1, -0.05) is 49.4 Å². The van der Waals surface area contributed by atoms with Gasteiger partial charge in [0.15, 0.2) is 0 Å². The fraction of sp³-hybridized carbons (Fsp3) is 0.316. The second kappa shape index (κ2) is 6.80. The van der Waals surface area contributed by atoms with E-state index in [2.05, 4.69) is 10.6 Å². The molecule has 0 aromatic heterocycles. The maximum Gasteiger partial charge on any atom is 0.319 e. The zero-order chi connectivity index (χ0) is 18.0. The van der Waals surface area contributed by atoms with Crippen LogP contribution in [-0.4, -0.2) is 17.2 Å². The van der Waals surface area contributed by atoms with Gasteiger partial charge in [-0.15, -0.1) is 0 Å². The van der Waals surface area contributed by atoms with Crippen molar-refractivity contribution in [1.29, 1.82) is 0 Å². The summed E-state index contributed by atoms with van der Waals surface area (Å²) in [6.45, 7) is 1.39. The molecule has 2 aromatic carbocycles. The maximum absolute atomic E-state index is 14.0. The van der Waals surface area contributed by atoms with E-state index in [1.54, 1.807) is 6.07 Å². The van der Waals surface area contributed by atoms with Gasteiger partial charge in [-0.25, -0.2) is 13.6 Å². The number of amides is 2. The summed E-state index contributed by atoms with van der Waals surface area (Å²) < 4.78 is 28.1. The molecule has 132 valence electrons. The summed E-state index contributed by atoms with van der Waals surface area (Å²) in [6.07, 6.45) is -0.670. The van der Waals surface area contributed by atoms with Gasteiger partial charge in [-0.05, 0) is 23.6 Å². The molecule has 0 saturated carbocycles. The number of nitrogens with one attached hydrogen (secondary N) is 2. The molecule has 0 aliphatic heterocycles. The molecule has 0 radical (unpaired) electrons. The number of alkyl halides is 2. The van der Waals surface area contributed by atoms with Crippen molar-refractivity contribution in [3.63, 3.8) is 0 Å². The van der Waals surface area contributed by atoms with Crippen LogP contribution < -0.4 is 10.6 Å². The summed E-state index contributed by atoms with van der Waals surface area (Å²) in [7, 11) is 0. The van der Waals surface area contributed by atoms with Gasteiger partial charge in [0.05, 0.1) is 17.8 Å². The van der Waals surface area contributed by atoms with Gasteiger partial charge in [0.25, 0.3) is 5.92 Å². The minimum absolute atomic E-state index is 0.0665. The molecule has 1 aliphatic carbocycles. The van der Waals surface area contributed by atoms with Crippen LogP contribution in [0.5, 0.6) is 0 Å². The summed E-state index contributed by atoms with van der Waals surface area (Å²) in [4.78, 5) is 12.3. The Kier molecular flexibility index (Phi) is 4.72. The molecule has 0 fully saturated rings. The Morgan fingerprint density at radius 1 is 1.20 bits per heavy atom. The first-order valence-electron chi connectivity index (χ1n) is 8.23. The molecule has 0 unspecified atom stereocenters. The van der Waals surface area contributed by atoms with Crippen molar-refractivity contribution in [2.24, 2.45) is 0 Å². The highest BCUT2D eigenvalue weighted by atomic mass is 19.3. The lowest BCUT2D eigenvalue weighted by atomic mass is 10.0. The van der Waals surface area contributed by atoms with Crippen LogP contribution in [0.1, 0.15) is 36.1 Å². The first kappa shape index (κ1) is 17.4. The number of benzene rings is 2. The van der Waals surface area contributed by atoms with Crippen LogP contribution in [0.2, 0.25) is 0 Å². The lowest BCUT2D eigenvalue weighted by Crippen LogP contribution is -2.40. The van der Waals surface area contributed by atoms with Crippen LogP contribution in [0, 0.1) is 0 Å². The molecule has 2 atom stereocenters. The molecule has 0 spiro atoms. The van der Waals surface area contributed by atoms with E-state index in [9.17, 15) is 18.7 Å². The molecule has 6 heteroatoms. The number of hydrogen-bond acceptors (Lipinski definition) is 2. The molecule has 3 N–H and O–H groups in total. The Labute approximate surface area is 144 Å². The lowest BCUT2D eigenvalue weighted by molar-refractivity contribution is -0.00751. The Morgan fingerprint density at radius 3 is 2.60 bits per heavy atom. The number of hydrogen-bond donors (Lipinski definition) is 3. The maximum atomic E-state index is 14.0. The normalized spacial score (nSPS) is 19.4. The van der Waals surface area contributed by atoms with Gasteiger partial charge in [-0.2, -0.15) is 0 Å². The first-order valence-corrected chi connectivity index (χ1v) is 8.23. The van der Waals surface area contributed by atoms with Crippen LogP contribution in [-0.2, 0) is 12.3 Å². The Balaban J connectivity index is 1.71. The lowest BCUT2D eigenvalue weighted by Gasteiger charge is -2.21. The van der Waals surface area contributed by atoms with E-state index in [-0.39, 0.29) is 17.7 Å². The van der Waals surface area contributed by atoms with Crippen LogP contribution >= 0.6 is 0 Å². The predicted molar refractivity (Wildman–Crippen MR) is 91.7 cm³/mol. The van der Waals surface area contributed by atoms with E-state index in [0.717, 1.165) is 11.1 Å². The fourth-order valence-corrected chi connectivity index (χ4v) is 3.13. The van der Waals surface area contributed by atoms with Crippen molar-refractivity contribution >= 4 is 11.7 Å². The number of carbonyl (C=O) groups is 1. The van der Waals surface area contributed by atoms with Gasteiger partial charge in [0, 0.05) is 12.0 Å². The number of rotatable bonds is 4. The Morgan fingerprint density at radius 2 is 1.88 bits per heavy atom. The van der Waals surface area contributed by atoms with E-state index < -0.39 is 24.1 Å². The van der Waals surface area contributed by atoms with E-state index in [0.29, 0.717) is 6.42 Å². The molecular weight excluding hydrogens is 326 g/mol. The van der Waals surface area contributed by atoms with Crippen molar-refractivity contribution in [3.8, 4) is 0 Å². The molecular formula is C19H20F2N2O2. The summed E-state index contributed by atoms with van der Waals surface area (Å²) in [6, 6.07) is 12.2. The summed E-state index contributed by atoms with van der Waals surface area (Å²) >= 11 is 0. The third-order valence-corrected chi connectivity index (χ3v) is 4.52. The minimum atomic E-state index is -3.02. The van der Waals surface area contributed by atoms with Crippen molar-refractivity contribution in [1.82, 2.24) is 5.32 Å². The highest BCUT2D eigenvalue weighted by molar-refractivity contribution is 5.90. The second-order valence-electron chi connectivity index (χ2n) is 6.16. The Bertz CT molecular complexity index is 780. The molecule has 0 bridgehead atoms. The molecule has 0 saturated heterocycles. The average molecular weight is 346 g/mol. The third-order valence-electron chi connectivity index (χ3n) is 4.52. The Hall–Kier alpha value is -2.47. The van der Waals surface area contributed by atoms with Crippen LogP contribution in [0.15, 0.2) is 48.5 Å². The van der Waals surface area contributed by atoms with Crippen LogP contribution in [0.4, 0.5) is 19.3 Å². The van der Waals surface area contributed by atoms with Gasteiger partial charge in [-0.3, -0.25) is 0 Å². The number of halogens is 2. The van der Waals surface area contributed by atoms with Crippen molar-refractivity contribution < 1.29 is 18.7 Å². The van der Waals surface area contributed by atoms with Crippen LogP contribution in [0.25, 0.3) is 0 Å². The zero-order valence-corrected chi connectivity index (χ0v) is 13.8. The number of aliphatic hydroxyl groups excluding tert-OH is 1. The molecule has 3 rings (SSSR count). The summed E-state index contributed by atoms with van der Waals surface area (Å²) in [5, 5.41) is 15.5. The number of urea groups is 1. The van der Waals surface area contributed by atoms with Gasteiger partial charge >= 0.3 is 6.03 Å². The minimum Gasteiger partial charge on any atom is -0.386 e. The number of carbonyl (C=O) groups excluding carboxylic acids is 1. The number of fused-ring (bicyclic) bond motifs is 1. The highest BCUT2D eigenvalue weighted by Gasteiger charge is 2.34. The molecule has 25 heavy (non-hydrogen) atoms. The first-order chi connectivity index (χ1) is 11.9. The van der Waals surface area contributed by atoms with E-state index in [1.807, 2.05) is 24.3 Å². The monoisotopic (exact) mass is 346 g/mol.